The fourth-order valence-electron chi connectivity index (χ4n) is 2.44. The number of rotatable bonds is 2. The lowest BCUT2D eigenvalue weighted by molar-refractivity contribution is -0.165. The average Bonchev–Trinajstić information content (AvgIpc) is 2.39. The number of nitrogens with one attached hydrogen (secondary N) is 1. The van der Waals surface area contributed by atoms with Crippen LogP contribution in [0.25, 0.3) is 0 Å². The lowest BCUT2D eigenvalue weighted by Gasteiger charge is -2.38. The SMILES string of the molecule is O=C(O)C1(C(=O)N2CCOCC2)CCNCC1. The normalized spacial score (nSPS) is 24.4. The van der Waals surface area contributed by atoms with E-state index in [0.29, 0.717) is 52.2 Å². The maximum absolute atomic E-state index is 12.4. The van der Waals surface area contributed by atoms with Crippen LogP contribution in [-0.2, 0) is 14.3 Å². The second-order valence-electron chi connectivity index (χ2n) is 4.54. The number of hydrogen-bond acceptors (Lipinski definition) is 4. The Hall–Kier alpha value is -1.14. The second-order valence-corrected chi connectivity index (χ2v) is 4.54. The van der Waals surface area contributed by atoms with Crippen LogP contribution in [-0.4, -0.2) is 61.3 Å². The summed E-state index contributed by atoms with van der Waals surface area (Å²) < 4.78 is 5.18. The molecule has 0 spiro atoms. The first kappa shape index (κ1) is 12.3. The predicted octanol–water partition coefficient (Wildman–Crippen LogP) is -0.700. The molecule has 0 aromatic rings. The number of morpholine rings is 1. The van der Waals surface area contributed by atoms with Crippen LogP contribution in [0, 0.1) is 5.41 Å². The van der Waals surface area contributed by atoms with Gasteiger partial charge in [-0.25, -0.2) is 0 Å². The number of aliphatic carboxylic acids is 1. The molecule has 2 aliphatic heterocycles. The first-order valence-corrected chi connectivity index (χ1v) is 5.98. The molecule has 0 bridgehead atoms. The van der Waals surface area contributed by atoms with Crippen LogP contribution in [0.15, 0.2) is 0 Å². The van der Waals surface area contributed by atoms with E-state index in [2.05, 4.69) is 5.32 Å². The van der Waals surface area contributed by atoms with Gasteiger partial charge in [0.05, 0.1) is 13.2 Å². The van der Waals surface area contributed by atoms with Gasteiger partial charge in [-0.2, -0.15) is 0 Å². The van der Waals surface area contributed by atoms with Gasteiger partial charge in [0, 0.05) is 13.1 Å². The van der Waals surface area contributed by atoms with E-state index in [0.717, 1.165) is 0 Å². The monoisotopic (exact) mass is 242 g/mol. The average molecular weight is 242 g/mol. The van der Waals surface area contributed by atoms with Crippen molar-refractivity contribution >= 4 is 11.9 Å². The molecule has 0 aliphatic carbocycles. The third kappa shape index (κ3) is 2.28. The van der Waals surface area contributed by atoms with E-state index in [9.17, 15) is 14.7 Å². The van der Waals surface area contributed by atoms with Gasteiger partial charge in [-0.15, -0.1) is 0 Å². The molecule has 0 radical (unpaired) electrons. The van der Waals surface area contributed by atoms with E-state index in [-0.39, 0.29) is 5.91 Å². The van der Waals surface area contributed by atoms with E-state index in [1.165, 1.54) is 0 Å². The van der Waals surface area contributed by atoms with Gasteiger partial charge in [0.15, 0.2) is 0 Å². The summed E-state index contributed by atoms with van der Waals surface area (Å²) in [6.45, 7) is 3.17. The van der Waals surface area contributed by atoms with Crippen LogP contribution in [0.1, 0.15) is 12.8 Å². The molecule has 2 saturated heterocycles. The van der Waals surface area contributed by atoms with Crippen molar-refractivity contribution in [3.8, 4) is 0 Å². The molecular formula is C11H18N2O4. The molecule has 0 atom stereocenters. The van der Waals surface area contributed by atoms with Crippen molar-refractivity contribution in [1.29, 1.82) is 0 Å². The Morgan fingerprint density at radius 2 is 1.76 bits per heavy atom. The fraction of sp³-hybridized carbons (Fsp3) is 0.818. The van der Waals surface area contributed by atoms with E-state index in [1.54, 1.807) is 4.90 Å². The Morgan fingerprint density at radius 3 is 2.29 bits per heavy atom. The van der Waals surface area contributed by atoms with Crippen LogP contribution in [0.3, 0.4) is 0 Å². The molecule has 17 heavy (non-hydrogen) atoms. The van der Waals surface area contributed by atoms with Gasteiger partial charge in [0.1, 0.15) is 5.41 Å². The first-order chi connectivity index (χ1) is 8.17. The largest absolute Gasteiger partial charge is 0.480 e. The van der Waals surface area contributed by atoms with Crippen LogP contribution < -0.4 is 5.32 Å². The quantitative estimate of drug-likeness (QED) is 0.626. The molecule has 0 aromatic heterocycles. The molecule has 2 fully saturated rings. The van der Waals surface area contributed by atoms with Crippen molar-refractivity contribution in [3.63, 3.8) is 0 Å². The Balaban J connectivity index is 2.14. The maximum Gasteiger partial charge on any atom is 0.319 e. The van der Waals surface area contributed by atoms with E-state index >= 15 is 0 Å². The number of ether oxygens (including phenoxy) is 1. The van der Waals surface area contributed by atoms with Crippen molar-refractivity contribution in [2.24, 2.45) is 5.41 Å². The molecule has 2 rings (SSSR count). The lowest BCUT2D eigenvalue weighted by atomic mass is 9.77. The number of nitrogens with zero attached hydrogens (tertiary/aromatic N) is 1. The highest BCUT2D eigenvalue weighted by Gasteiger charge is 2.48. The highest BCUT2D eigenvalue weighted by Crippen LogP contribution is 2.31. The summed E-state index contributed by atoms with van der Waals surface area (Å²) in [4.78, 5) is 25.5. The number of amides is 1. The Kier molecular flexibility index (Phi) is 3.63. The number of carboxylic acids is 1. The summed E-state index contributed by atoms with van der Waals surface area (Å²) >= 11 is 0. The zero-order valence-electron chi connectivity index (χ0n) is 9.78. The zero-order valence-corrected chi connectivity index (χ0v) is 9.78. The molecule has 1 amide bonds. The first-order valence-electron chi connectivity index (χ1n) is 5.98. The summed E-state index contributed by atoms with van der Waals surface area (Å²) in [5.74, 6) is -1.23. The van der Waals surface area contributed by atoms with Crippen molar-refractivity contribution in [1.82, 2.24) is 10.2 Å². The highest BCUT2D eigenvalue weighted by molar-refractivity contribution is 6.02. The van der Waals surface area contributed by atoms with Gasteiger partial charge >= 0.3 is 5.97 Å². The minimum atomic E-state index is -1.22. The standard InChI is InChI=1S/C11H18N2O4/c14-9(13-5-7-17-8-6-13)11(10(15)16)1-3-12-4-2-11/h12H,1-8H2,(H,15,16). The fourth-order valence-corrected chi connectivity index (χ4v) is 2.44. The molecule has 0 aromatic carbocycles. The van der Waals surface area contributed by atoms with Crippen LogP contribution in [0.5, 0.6) is 0 Å². The van der Waals surface area contributed by atoms with E-state index < -0.39 is 11.4 Å². The van der Waals surface area contributed by atoms with Gasteiger partial charge in [-0.3, -0.25) is 9.59 Å². The number of piperidine rings is 1. The van der Waals surface area contributed by atoms with E-state index in [1.807, 2.05) is 0 Å². The van der Waals surface area contributed by atoms with Crippen LogP contribution in [0.2, 0.25) is 0 Å². The van der Waals surface area contributed by atoms with E-state index in [4.69, 9.17) is 4.74 Å². The molecule has 0 unspecified atom stereocenters. The van der Waals surface area contributed by atoms with Crippen molar-refractivity contribution in [3.05, 3.63) is 0 Å². The minimum Gasteiger partial charge on any atom is -0.480 e. The molecule has 0 saturated carbocycles. The van der Waals surface area contributed by atoms with Crippen molar-refractivity contribution in [2.45, 2.75) is 12.8 Å². The third-order valence-electron chi connectivity index (χ3n) is 3.57. The summed E-state index contributed by atoms with van der Waals surface area (Å²) in [6.07, 6.45) is 0.747. The topological polar surface area (TPSA) is 78.9 Å². The van der Waals surface area contributed by atoms with Crippen molar-refractivity contribution < 1.29 is 19.4 Å². The number of hydrogen-bond donors (Lipinski definition) is 2. The number of carbonyl (C=O) groups excluding carboxylic acids is 1. The number of carboxylic acid groups (broad SMARTS) is 1. The molecule has 6 heteroatoms. The van der Waals surface area contributed by atoms with Crippen LogP contribution >= 0.6 is 0 Å². The Morgan fingerprint density at radius 1 is 1.18 bits per heavy atom. The summed E-state index contributed by atoms with van der Waals surface area (Å²) in [5, 5.41) is 12.5. The predicted molar refractivity (Wildman–Crippen MR) is 59.6 cm³/mol. The zero-order chi connectivity index (χ0) is 12.3. The molecule has 2 N–H and O–H groups in total. The molecular weight excluding hydrogens is 224 g/mol. The Labute approximate surface area is 99.9 Å². The smallest absolute Gasteiger partial charge is 0.319 e. The highest BCUT2D eigenvalue weighted by atomic mass is 16.5. The van der Waals surface area contributed by atoms with Gasteiger partial charge in [-0.1, -0.05) is 0 Å². The minimum absolute atomic E-state index is 0.241. The number of carbonyl (C=O) groups is 2. The molecule has 6 nitrogen and oxygen atoms in total. The molecule has 2 heterocycles. The summed E-state index contributed by atoms with van der Waals surface area (Å²) in [5.41, 5.74) is -1.22. The lowest BCUT2D eigenvalue weighted by Crippen LogP contribution is -2.55. The third-order valence-corrected chi connectivity index (χ3v) is 3.57. The van der Waals surface area contributed by atoms with Crippen molar-refractivity contribution in [2.75, 3.05) is 39.4 Å². The maximum atomic E-state index is 12.4. The molecule has 96 valence electrons. The van der Waals surface area contributed by atoms with Gasteiger partial charge < -0.3 is 20.1 Å². The summed E-state index contributed by atoms with van der Waals surface area (Å²) in [7, 11) is 0. The molecule has 2 aliphatic rings. The van der Waals surface area contributed by atoms with Gasteiger partial charge in [0.2, 0.25) is 5.91 Å². The Bertz CT molecular complexity index is 307. The van der Waals surface area contributed by atoms with Gasteiger partial charge in [-0.05, 0) is 25.9 Å². The van der Waals surface area contributed by atoms with Gasteiger partial charge in [0.25, 0.3) is 0 Å². The second kappa shape index (κ2) is 5.01. The summed E-state index contributed by atoms with van der Waals surface area (Å²) in [6, 6.07) is 0. The van der Waals surface area contributed by atoms with Crippen LogP contribution in [0.4, 0.5) is 0 Å².